The second-order valence-electron chi connectivity index (χ2n) is 9.67. The number of hydrogen-bond acceptors (Lipinski definition) is 5. The van der Waals surface area contributed by atoms with Gasteiger partial charge in [-0.05, 0) is 71.4 Å². The fourth-order valence-electron chi connectivity index (χ4n) is 4.17. The van der Waals surface area contributed by atoms with Gasteiger partial charge in [-0.25, -0.2) is 14.8 Å². The molecule has 0 spiro atoms. The van der Waals surface area contributed by atoms with Crippen molar-refractivity contribution in [2.75, 3.05) is 26.2 Å². The zero-order valence-electron chi connectivity index (χ0n) is 20.1. The topological polar surface area (TPSA) is 77.2 Å². The average Bonchev–Trinajstić information content (AvgIpc) is 3.43. The monoisotopic (exact) mass is 502 g/mol. The minimum atomic E-state index is -0.422. The number of amides is 1. The van der Waals surface area contributed by atoms with Gasteiger partial charge in [-0.3, -0.25) is 0 Å². The Labute approximate surface area is 210 Å². The first-order valence-electron chi connectivity index (χ1n) is 11.5. The van der Waals surface area contributed by atoms with Gasteiger partial charge in [-0.2, -0.15) is 0 Å². The largest absolute Gasteiger partial charge is 0.444 e. The molecule has 4 heterocycles. The number of rotatable bonds is 4. The molecular weight excluding hydrogens is 463 g/mol. The lowest BCUT2D eigenvalue weighted by atomic mass is 9.98. The van der Waals surface area contributed by atoms with E-state index in [1.807, 2.05) is 56.9 Å². The van der Waals surface area contributed by atoms with Crippen LogP contribution in [0.2, 0.25) is 0 Å². The third-order valence-electron chi connectivity index (χ3n) is 5.63. The van der Waals surface area contributed by atoms with Crippen molar-refractivity contribution in [2.45, 2.75) is 65.1 Å². The van der Waals surface area contributed by atoms with Crippen LogP contribution in [0.15, 0.2) is 37.4 Å². The SMILES string of the molecule is CC(C)(C)OC(=O)N1CCC[C@H](Cn2ccnc2)C1.Cl.Cl.c1cn(C[C@H]2CCCNC2)cn1. The molecule has 0 aliphatic carbocycles. The first-order valence-corrected chi connectivity index (χ1v) is 11.5. The second-order valence-corrected chi connectivity index (χ2v) is 9.67. The molecule has 0 bridgehead atoms. The Morgan fingerprint density at radius 3 is 2.12 bits per heavy atom. The summed E-state index contributed by atoms with van der Waals surface area (Å²) < 4.78 is 9.67. The molecule has 0 radical (unpaired) electrons. The van der Waals surface area contributed by atoms with Gasteiger partial charge in [0.05, 0.1) is 12.7 Å². The van der Waals surface area contributed by atoms with Gasteiger partial charge >= 0.3 is 6.09 Å². The number of likely N-dealkylation sites (tertiary alicyclic amines) is 1. The molecule has 0 aromatic carbocycles. The fraction of sp³-hybridized carbons (Fsp3) is 0.696. The number of carbonyl (C=O) groups excluding carboxylic acids is 1. The maximum atomic E-state index is 12.0. The van der Waals surface area contributed by atoms with Gasteiger partial charge in [0.1, 0.15) is 5.60 Å². The number of aromatic nitrogens is 4. The minimum Gasteiger partial charge on any atom is -0.444 e. The van der Waals surface area contributed by atoms with E-state index in [4.69, 9.17) is 4.74 Å². The van der Waals surface area contributed by atoms with Crippen molar-refractivity contribution in [1.29, 1.82) is 0 Å². The van der Waals surface area contributed by atoms with Gasteiger partial charge < -0.3 is 24.1 Å². The Hall–Kier alpha value is -1.77. The van der Waals surface area contributed by atoms with Gasteiger partial charge in [0.15, 0.2) is 0 Å². The first kappa shape index (κ1) is 29.3. The molecule has 10 heteroatoms. The number of ether oxygens (including phenoxy) is 1. The molecule has 8 nitrogen and oxygen atoms in total. The van der Waals surface area contributed by atoms with Crippen LogP contribution in [-0.2, 0) is 17.8 Å². The normalized spacial score (nSPS) is 20.5. The predicted molar refractivity (Wildman–Crippen MR) is 135 cm³/mol. The maximum Gasteiger partial charge on any atom is 0.410 e. The van der Waals surface area contributed by atoms with Crippen LogP contribution >= 0.6 is 24.8 Å². The van der Waals surface area contributed by atoms with E-state index in [0.29, 0.717) is 5.92 Å². The summed E-state index contributed by atoms with van der Waals surface area (Å²) >= 11 is 0. The van der Waals surface area contributed by atoms with Crippen molar-refractivity contribution in [3.63, 3.8) is 0 Å². The summed E-state index contributed by atoms with van der Waals surface area (Å²) in [6.45, 7) is 11.7. The summed E-state index contributed by atoms with van der Waals surface area (Å²) in [5.74, 6) is 1.28. The number of imidazole rings is 2. The summed E-state index contributed by atoms with van der Waals surface area (Å²) in [6, 6.07) is 0. The van der Waals surface area contributed by atoms with Crippen molar-refractivity contribution >= 4 is 30.9 Å². The van der Waals surface area contributed by atoms with Gasteiger partial charge in [0.25, 0.3) is 0 Å². The van der Waals surface area contributed by atoms with E-state index in [1.165, 1.54) is 19.4 Å². The number of nitrogens with one attached hydrogen (secondary N) is 1. The Morgan fingerprint density at radius 1 is 1.00 bits per heavy atom. The molecule has 1 amide bonds. The second kappa shape index (κ2) is 14.5. The van der Waals surface area contributed by atoms with Crippen molar-refractivity contribution in [3.05, 3.63) is 37.4 Å². The summed E-state index contributed by atoms with van der Waals surface area (Å²) in [5, 5.41) is 3.41. The predicted octanol–water partition coefficient (Wildman–Crippen LogP) is 4.26. The van der Waals surface area contributed by atoms with Crippen LogP contribution < -0.4 is 5.32 Å². The van der Waals surface area contributed by atoms with Gasteiger partial charge in [0.2, 0.25) is 0 Å². The molecule has 2 aliphatic rings. The van der Waals surface area contributed by atoms with E-state index in [2.05, 4.69) is 24.4 Å². The molecule has 2 saturated heterocycles. The van der Waals surface area contributed by atoms with Gasteiger partial charge in [-0.1, -0.05) is 0 Å². The molecule has 188 valence electrons. The number of hydrogen-bond donors (Lipinski definition) is 1. The highest BCUT2D eigenvalue weighted by molar-refractivity contribution is 5.85. The van der Waals surface area contributed by atoms with Crippen molar-refractivity contribution in [1.82, 2.24) is 29.3 Å². The summed E-state index contributed by atoms with van der Waals surface area (Å²) in [4.78, 5) is 22.0. The highest BCUT2D eigenvalue weighted by atomic mass is 35.5. The van der Waals surface area contributed by atoms with Crippen LogP contribution in [0.1, 0.15) is 46.5 Å². The van der Waals surface area contributed by atoms with E-state index in [0.717, 1.165) is 51.5 Å². The lowest BCUT2D eigenvalue weighted by Gasteiger charge is -2.34. The van der Waals surface area contributed by atoms with E-state index in [9.17, 15) is 4.79 Å². The van der Waals surface area contributed by atoms with Gasteiger partial charge in [-0.15, -0.1) is 24.8 Å². The lowest BCUT2D eigenvalue weighted by Crippen LogP contribution is -2.43. The van der Waals surface area contributed by atoms with Crippen LogP contribution in [0.4, 0.5) is 4.79 Å². The first-order chi connectivity index (χ1) is 14.9. The van der Waals surface area contributed by atoms with Crippen LogP contribution in [-0.4, -0.2) is 61.9 Å². The lowest BCUT2D eigenvalue weighted by molar-refractivity contribution is 0.0157. The number of carbonyl (C=O) groups is 1. The zero-order chi connectivity index (χ0) is 22.1. The van der Waals surface area contributed by atoms with Crippen LogP contribution in [0.3, 0.4) is 0 Å². The fourth-order valence-corrected chi connectivity index (χ4v) is 4.17. The third-order valence-corrected chi connectivity index (χ3v) is 5.63. The molecule has 33 heavy (non-hydrogen) atoms. The Balaban J connectivity index is 0.000000338. The number of halogens is 2. The Bertz CT molecular complexity index is 759. The van der Waals surface area contributed by atoms with Crippen LogP contribution in [0, 0.1) is 11.8 Å². The van der Waals surface area contributed by atoms with Gasteiger partial charge in [0, 0.05) is 51.0 Å². The molecule has 4 rings (SSSR count). The quantitative estimate of drug-likeness (QED) is 0.675. The number of nitrogens with zero attached hydrogens (tertiary/aromatic N) is 5. The Kier molecular flexibility index (Phi) is 12.8. The molecule has 0 saturated carbocycles. The molecule has 1 N–H and O–H groups in total. The molecule has 2 aromatic heterocycles. The smallest absolute Gasteiger partial charge is 0.410 e. The van der Waals surface area contributed by atoms with E-state index in [-0.39, 0.29) is 30.9 Å². The van der Waals surface area contributed by atoms with Crippen LogP contribution in [0.5, 0.6) is 0 Å². The van der Waals surface area contributed by atoms with E-state index in [1.54, 1.807) is 6.20 Å². The summed E-state index contributed by atoms with van der Waals surface area (Å²) in [6.07, 6.45) is 16.0. The third kappa shape index (κ3) is 10.8. The van der Waals surface area contributed by atoms with E-state index < -0.39 is 5.60 Å². The Morgan fingerprint density at radius 2 is 1.61 bits per heavy atom. The molecule has 2 atom stereocenters. The molecule has 2 aromatic rings. The van der Waals surface area contributed by atoms with Crippen LogP contribution in [0.25, 0.3) is 0 Å². The molecule has 2 fully saturated rings. The highest BCUT2D eigenvalue weighted by Crippen LogP contribution is 2.20. The zero-order valence-corrected chi connectivity index (χ0v) is 21.7. The van der Waals surface area contributed by atoms with Crippen molar-refractivity contribution < 1.29 is 9.53 Å². The highest BCUT2D eigenvalue weighted by Gasteiger charge is 2.27. The molecule has 0 unspecified atom stereocenters. The molecular formula is C23H40Cl2N6O2. The maximum absolute atomic E-state index is 12.0. The standard InChI is InChI=1S/C14H23N3O2.C9H15N3.2ClH/c1-14(2,3)19-13(18)17-7-4-5-12(10-17)9-16-8-6-15-11-16;1-2-9(6-10-3-1)7-12-5-4-11-8-12;;/h6,8,11-12H,4-5,7,9-10H2,1-3H3;4-5,8-10H,1-3,6-7H2;2*1H/t12-;9-;;/m10../s1. The summed E-state index contributed by atoms with van der Waals surface area (Å²) in [7, 11) is 0. The van der Waals surface area contributed by atoms with Crippen molar-refractivity contribution in [2.24, 2.45) is 11.8 Å². The average molecular weight is 504 g/mol. The van der Waals surface area contributed by atoms with E-state index >= 15 is 0 Å². The van der Waals surface area contributed by atoms with Crippen molar-refractivity contribution in [3.8, 4) is 0 Å². The minimum absolute atomic E-state index is 0. The summed E-state index contributed by atoms with van der Waals surface area (Å²) in [5.41, 5.74) is -0.422. The number of piperidine rings is 2. The molecule has 2 aliphatic heterocycles.